The van der Waals surface area contributed by atoms with Gasteiger partial charge in [0.05, 0.1) is 28.3 Å². The number of imidazole rings is 1. The third kappa shape index (κ3) is 2.49. The van der Waals surface area contributed by atoms with Crippen LogP contribution < -0.4 is 5.73 Å². The highest BCUT2D eigenvalue weighted by Crippen LogP contribution is 2.33. The van der Waals surface area contributed by atoms with Crippen molar-refractivity contribution >= 4 is 11.6 Å². The van der Waals surface area contributed by atoms with Crippen molar-refractivity contribution in [3.05, 3.63) is 47.0 Å². The quantitative estimate of drug-likeness (QED) is 0.916. The zero-order valence-electron chi connectivity index (χ0n) is 9.08. The van der Waals surface area contributed by atoms with E-state index in [1.165, 1.54) is 17.0 Å². The third-order valence-corrected chi connectivity index (χ3v) is 2.72. The average molecular weight is 276 g/mol. The van der Waals surface area contributed by atoms with Crippen LogP contribution in [0.2, 0.25) is 5.02 Å². The summed E-state index contributed by atoms with van der Waals surface area (Å²) in [6.07, 6.45) is -1.48. The van der Waals surface area contributed by atoms with E-state index in [1.807, 2.05) is 0 Å². The molecule has 1 aromatic carbocycles. The van der Waals surface area contributed by atoms with Crippen LogP contribution in [0.25, 0.3) is 5.69 Å². The Labute approximate surface area is 106 Å². The van der Waals surface area contributed by atoms with E-state index in [4.69, 9.17) is 17.3 Å². The predicted molar refractivity (Wildman–Crippen MR) is 61.5 cm³/mol. The monoisotopic (exact) mass is 275 g/mol. The smallest absolute Gasteiger partial charge is 0.325 e. The molecule has 96 valence electrons. The van der Waals surface area contributed by atoms with Gasteiger partial charge in [-0.15, -0.1) is 0 Å². The summed E-state index contributed by atoms with van der Waals surface area (Å²) in [6, 6.07) is 3.12. The summed E-state index contributed by atoms with van der Waals surface area (Å²) in [6.45, 7) is 0.212. The van der Waals surface area contributed by atoms with Gasteiger partial charge in [-0.2, -0.15) is 13.2 Å². The zero-order chi connectivity index (χ0) is 13.3. The van der Waals surface area contributed by atoms with E-state index in [9.17, 15) is 13.2 Å². The molecule has 0 saturated carbocycles. The Hall–Kier alpha value is -1.53. The standard InChI is InChI=1S/C11H9ClF3N3/c12-9-2-1-7(11(13,14)15)3-10(9)18-5-8(4-16)17-6-18/h1-3,5-6H,4,16H2. The predicted octanol–water partition coefficient (Wildman–Crippen LogP) is 3.00. The van der Waals surface area contributed by atoms with Gasteiger partial charge in [-0.05, 0) is 18.2 Å². The minimum absolute atomic E-state index is 0.212. The van der Waals surface area contributed by atoms with Crippen molar-refractivity contribution in [3.8, 4) is 5.69 Å². The Balaban J connectivity index is 2.49. The zero-order valence-corrected chi connectivity index (χ0v) is 9.83. The molecular weight excluding hydrogens is 267 g/mol. The molecule has 0 amide bonds. The maximum Gasteiger partial charge on any atom is 0.416 e. The first-order chi connectivity index (χ1) is 8.41. The second-order valence-corrected chi connectivity index (χ2v) is 4.05. The van der Waals surface area contributed by atoms with Gasteiger partial charge in [0.15, 0.2) is 0 Å². The molecule has 0 aliphatic heterocycles. The van der Waals surface area contributed by atoms with Gasteiger partial charge in [-0.3, -0.25) is 0 Å². The lowest BCUT2D eigenvalue weighted by Gasteiger charge is -2.10. The number of benzene rings is 1. The fourth-order valence-corrected chi connectivity index (χ4v) is 1.70. The van der Waals surface area contributed by atoms with Crippen molar-refractivity contribution in [1.29, 1.82) is 0 Å². The van der Waals surface area contributed by atoms with Crippen molar-refractivity contribution in [2.45, 2.75) is 12.7 Å². The molecule has 0 radical (unpaired) electrons. The molecule has 0 spiro atoms. The number of nitrogens with zero attached hydrogens (tertiary/aromatic N) is 2. The van der Waals surface area contributed by atoms with Crippen molar-refractivity contribution in [2.75, 3.05) is 0 Å². The van der Waals surface area contributed by atoms with E-state index in [-0.39, 0.29) is 17.3 Å². The molecule has 0 atom stereocenters. The molecule has 2 aromatic rings. The molecule has 0 fully saturated rings. The van der Waals surface area contributed by atoms with Gasteiger partial charge >= 0.3 is 6.18 Å². The fourth-order valence-electron chi connectivity index (χ4n) is 1.49. The number of nitrogens with two attached hydrogens (primary N) is 1. The van der Waals surface area contributed by atoms with Gasteiger partial charge in [0.2, 0.25) is 0 Å². The first-order valence-electron chi connectivity index (χ1n) is 5.02. The maximum absolute atomic E-state index is 12.6. The Bertz CT molecular complexity index is 563. The molecule has 1 aromatic heterocycles. The van der Waals surface area contributed by atoms with Gasteiger partial charge in [-0.1, -0.05) is 11.6 Å². The molecule has 0 saturated heterocycles. The maximum atomic E-state index is 12.6. The number of rotatable bonds is 2. The third-order valence-electron chi connectivity index (χ3n) is 2.40. The summed E-state index contributed by atoms with van der Waals surface area (Å²) < 4.78 is 39.2. The Kier molecular flexibility index (Phi) is 3.32. The largest absolute Gasteiger partial charge is 0.416 e. The lowest BCUT2D eigenvalue weighted by Crippen LogP contribution is -2.06. The molecule has 0 bridgehead atoms. The van der Waals surface area contributed by atoms with Crippen LogP contribution in [0.1, 0.15) is 11.3 Å². The van der Waals surface area contributed by atoms with Gasteiger partial charge in [0.25, 0.3) is 0 Å². The van der Waals surface area contributed by atoms with Gasteiger partial charge < -0.3 is 10.3 Å². The lowest BCUT2D eigenvalue weighted by atomic mass is 10.2. The highest BCUT2D eigenvalue weighted by Gasteiger charge is 2.31. The minimum atomic E-state index is -4.41. The second kappa shape index (κ2) is 4.62. The van der Waals surface area contributed by atoms with Crippen molar-refractivity contribution < 1.29 is 13.2 Å². The lowest BCUT2D eigenvalue weighted by molar-refractivity contribution is -0.137. The average Bonchev–Trinajstić information content (AvgIpc) is 2.76. The van der Waals surface area contributed by atoms with Crippen LogP contribution in [0.4, 0.5) is 13.2 Å². The van der Waals surface area contributed by atoms with E-state index in [2.05, 4.69) is 4.98 Å². The molecule has 0 aliphatic carbocycles. The van der Waals surface area contributed by atoms with Crippen LogP contribution in [0.5, 0.6) is 0 Å². The van der Waals surface area contributed by atoms with Crippen molar-refractivity contribution in [2.24, 2.45) is 5.73 Å². The second-order valence-electron chi connectivity index (χ2n) is 3.64. The fraction of sp³-hybridized carbons (Fsp3) is 0.182. The van der Waals surface area contributed by atoms with E-state index < -0.39 is 11.7 Å². The van der Waals surface area contributed by atoms with Gasteiger partial charge in [0, 0.05) is 12.7 Å². The van der Waals surface area contributed by atoms with E-state index >= 15 is 0 Å². The van der Waals surface area contributed by atoms with E-state index in [1.54, 1.807) is 6.20 Å². The molecule has 7 heteroatoms. The van der Waals surface area contributed by atoms with E-state index in [0.29, 0.717) is 5.69 Å². The number of alkyl halides is 3. The summed E-state index contributed by atoms with van der Waals surface area (Å²) >= 11 is 5.89. The molecule has 0 aliphatic rings. The molecule has 0 unspecified atom stereocenters. The Morgan fingerprint density at radius 1 is 1.33 bits per heavy atom. The van der Waals surface area contributed by atoms with Crippen LogP contribution >= 0.6 is 11.6 Å². The summed E-state index contributed by atoms with van der Waals surface area (Å²) in [7, 11) is 0. The molecule has 18 heavy (non-hydrogen) atoms. The van der Waals surface area contributed by atoms with Crippen LogP contribution in [0, 0.1) is 0 Å². The normalized spacial score (nSPS) is 11.8. The Morgan fingerprint density at radius 2 is 2.06 bits per heavy atom. The number of hydrogen-bond acceptors (Lipinski definition) is 2. The summed E-state index contributed by atoms with van der Waals surface area (Å²) in [5.41, 5.74) is 5.42. The summed E-state index contributed by atoms with van der Waals surface area (Å²) in [5, 5.41) is 0.212. The van der Waals surface area contributed by atoms with Crippen LogP contribution in [0.15, 0.2) is 30.7 Å². The highest BCUT2D eigenvalue weighted by atomic mass is 35.5. The highest BCUT2D eigenvalue weighted by molar-refractivity contribution is 6.32. The SMILES string of the molecule is NCc1cn(-c2cc(C(F)(F)F)ccc2Cl)cn1. The van der Waals surface area contributed by atoms with Crippen molar-refractivity contribution in [1.82, 2.24) is 9.55 Å². The molecule has 2 N–H and O–H groups in total. The molecule has 2 rings (SSSR count). The van der Waals surface area contributed by atoms with Crippen LogP contribution in [-0.4, -0.2) is 9.55 Å². The Morgan fingerprint density at radius 3 is 2.61 bits per heavy atom. The molecule has 3 nitrogen and oxygen atoms in total. The first kappa shape index (κ1) is 12.9. The number of aromatic nitrogens is 2. The first-order valence-corrected chi connectivity index (χ1v) is 5.39. The summed E-state index contributed by atoms with van der Waals surface area (Å²) in [4.78, 5) is 3.94. The number of halogens is 4. The van der Waals surface area contributed by atoms with Gasteiger partial charge in [-0.25, -0.2) is 4.98 Å². The topological polar surface area (TPSA) is 43.8 Å². The van der Waals surface area contributed by atoms with Crippen LogP contribution in [-0.2, 0) is 12.7 Å². The summed E-state index contributed by atoms with van der Waals surface area (Å²) in [5.74, 6) is 0. The molecule has 1 heterocycles. The number of hydrogen-bond donors (Lipinski definition) is 1. The van der Waals surface area contributed by atoms with Crippen molar-refractivity contribution in [3.63, 3.8) is 0 Å². The van der Waals surface area contributed by atoms with Gasteiger partial charge in [0.1, 0.15) is 0 Å². The van der Waals surface area contributed by atoms with E-state index in [0.717, 1.165) is 12.1 Å². The molecular formula is C11H9ClF3N3. The van der Waals surface area contributed by atoms with Crippen LogP contribution in [0.3, 0.4) is 0 Å². The minimum Gasteiger partial charge on any atom is -0.325 e.